The Morgan fingerprint density at radius 1 is 0.358 bits per heavy atom. The molecule has 0 aliphatic rings. The third kappa shape index (κ3) is 4.48. The first-order valence-electron chi connectivity index (χ1n) is 17.8. The summed E-state index contributed by atoms with van der Waals surface area (Å²) >= 11 is 0. The van der Waals surface area contributed by atoms with Crippen molar-refractivity contribution < 1.29 is 4.42 Å². The van der Waals surface area contributed by atoms with Crippen LogP contribution < -0.4 is 0 Å². The molecule has 0 unspecified atom stereocenters. The first-order valence-corrected chi connectivity index (χ1v) is 17.8. The zero-order chi connectivity index (χ0) is 35.0. The van der Waals surface area contributed by atoms with Crippen LogP contribution in [-0.2, 0) is 0 Å². The molecule has 11 aromatic rings. The van der Waals surface area contributed by atoms with Crippen LogP contribution in [0.25, 0.3) is 99.2 Å². The number of rotatable bonds is 4. The Hall–Kier alpha value is -7.35. The van der Waals surface area contributed by atoms with Crippen LogP contribution in [0, 0.1) is 11.3 Å². The molecular formula is C49H29N3O. The molecule has 0 aliphatic carbocycles. The van der Waals surface area contributed by atoms with E-state index in [9.17, 15) is 5.26 Å². The molecule has 11 rings (SSSR count). The monoisotopic (exact) mass is 675 g/mol. The topological polar surface area (TPSA) is 46.8 Å². The molecule has 0 N–H and O–H groups in total. The van der Waals surface area contributed by atoms with Crippen LogP contribution in [0.15, 0.2) is 180 Å². The average Bonchev–Trinajstić information content (AvgIpc) is 3.87. The Bertz CT molecular complexity index is 3280. The van der Waals surface area contributed by atoms with Gasteiger partial charge >= 0.3 is 0 Å². The fourth-order valence-corrected chi connectivity index (χ4v) is 8.26. The molecule has 0 spiro atoms. The molecule has 3 heterocycles. The van der Waals surface area contributed by atoms with Crippen molar-refractivity contribution in [2.45, 2.75) is 0 Å². The van der Waals surface area contributed by atoms with Crippen molar-refractivity contribution in [2.75, 3.05) is 0 Å². The summed E-state index contributed by atoms with van der Waals surface area (Å²) in [6, 6.07) is 64.4. The summed E-state index contributed by atoms with van der Waals surface area (Å²) in [6.07, 6.45) is 0. The van der Waals surface area contributed by atoms with Crippen LogP contribution in [-0.4, -0.2) is 9.13 Å². The smallest absolute Gasteiger partial charge is 0.136 e. The molecular weight excluding hydrogens is 647 g/mol. The summed E-state index contributed by atoms with van der Waals surface area (Å²) in [5.74, 6) is 0. The first-order chi connectivity index (χ1) is 26.2. The number of hydrogen-bond acceptors (Lipinski definition) is 2. The quantitative estimate of drug-likeness (QED) is 0.186. The number of benzene rings is 8. The minimum absolute atomic E-state index is 0.643. The van der Waals surface area contributed by atoms with Gasteiger partial charge in [0, 0.05) is 43.7 Å². The highest BCUT2D eigenvalue weighted by molar-refractivity contribution is 6.14. The Morgan fingerprint density at radius 2 is 0.830 bits per heavy atom. The third-order valence-electron chi connectivity index (χ3n) is 10.8. The van der Waals surface area contributed by atoms with Crippen LogP contribution in [0.4, 0.5) is 0 Å². The van der Waals surface area contributed by atoms with Gasteiger partial charge in [-0.15, -0.1) is 0 Å². The SMILES string of the molecule is N#Cc1ccc(-n2c3ccc(-c4ccc5c(c4)oc4ccccc45)cc3c3cc(-c4ccc5c(c4)c4ccccc4n5-c4ccccc4)ccc32)cc1. The first kappa shape index (κ1) is 29.4. The van der Waals surface area contributed by atoms with E-state index in [4.69, 9.17) is 4.42 Å². The van der Waals surface area contributed by atoms with E-state index in [2.05, 4.69) is 155 Å². The fourth-order valence-electron chi connectivity index (χ4n) is 8.26. The lowest BCUT2D eigenvalue weighted by Crippen LogP contribution is -1.94. The van der Waals surface area contributed by atoms with Crippen molar-refractivity contribution in [3.8, 4) is 39.7 Å². The molecule has 0 radical (unpaired) electrons. The summed E-state index contributed by atoms with van der Waals surface area (Å²) in [5, 5.41) is 16.5. The Labute approximate surface area is 304 Å². The molecule has 3 aromatic heterocycles. The van der Waals surface area contributed by atoms with Crippen LogP contribution in [0.1, 0.15) is 5.56 Å². The molecule has 0 atom stereocenters. The van der Waals surface area contributed by atoms with E-state index in [0.29, 0.717) is 5.56 Å². The third-order valence-corrected chi connectivity index (χ3v) is 10.8. The molecule has 0 amide bonds. The van der Waals surface area contributed by atoms with Crippen molar-refractivity contribution in [1.82, 2.24) is 9.13 Å². The Balaban J connectivity index is 1.12. The van der Waals surface area contributed by atoms with Crippen LogP contribution >= 0.6 is 0 Å². The second-order valence-electron chi connectivity index (χ2n) is 13.7. The predicted octanol–water partition coefficient (Wildman–Crippen LogP) is 13.0. The largest absolute Gasteiger partial charge is 0.456 e. The molecule has 4 nitrogen and oxygen atoms in total. The average molecular weight is 676 g/mol. The Kier molecular flexibility index (Phi) is 6.28. The number of fused-ring (bicyclic) bond motifs is 9. The molecule has 53 heavy (non-hydrogen) atoms. The number of para-hydroxylation sites is 3. The minimum atomic E-state index is 0.643. The molecule has 8 aromatic carbocycles. The van der Waals surface area contributed by atoms with Crippen molar-refractivity contribution in [2.24, 2.45) is 0 Å². The zero-order valence-corrected chi connectivity index (χ0v) is 28.5. The second kappa shape index (κ2) is 11.3. The maximum absolute atomic E-state index is 9.51. The predicted molar refractivity (Wildman–Crippen MR) is 218 cm³/mol. The zero-order valence-electron chi connectivity index (χ0n) is 28.5. The number of furan rings is 1. The van der Waals surface area contributed by atoms with Gasteiger partial charge in [0.05, 0.1) is 33.7 Å². The highest BCUT2D eigenvalue weighted by Crippen LogP contribution is 2.40. The van der Waals surface area contributed by atoms with E-state index in [0.717, 1.165) is 66.4 Å². The number of nitriles is 1. The highest BCUT2D eigenvalue weighted by atomic mass is 16.3. The van der Waals surface area contributed by atoms with Crippen LogP contribution in [0.2, 0.25) is 0 Å². The van der Waals surface area contributed by atoms with E-state index in [1.807, 2.05) is 36.4 Å². The van der Waals surface area contributed by atoms with E-state index >= 15 is 0 Å². The van der Waals surface area contributed by atoms with Crippen molar-refractivity contribution >= 4 is 65.6 Å². The van der Waals surface area contributed by atoms with Crippen LogP contribution in [0.3, 0.4) is 0 Å². The number of hydrogen-bond donors (Lipinski definition) is 0. The normalized spacial score (nSPS) is 11.8. The van der Waals surface area contributed by atoms with Gasteiger partial charge < -0.3 is 13.6 Å². The van der Waals surface area contributed by atoms with Gasteiger partial charge in [-0.3, -0.25) is 0 Å². The van der Waals surface area contributed by atoms with Gasteiger partial charge in [-0.2, -0.15) is 5.26 Å². The van der Waals surface area contributed by atoms with Crippen molar-refractivity contribution in [3.05, 3.63) is 181 Å². The van der Waals surface area contributed by atoms with E-state index < -0.39 is 0 Å². The van der Waals surface area contributed by atoms with Crippen LogP contribution in [0.5, 0.6) is 0 Å². The van der Waals surface area contributed by atoms with E-state index in [1.54, 1.807) is 0 Å². The molecule has 0 fully saturated rings. The molecule has 246 valence electrons. The van der Waals surface area contributed by atoms with Gasteiger partial charge in [0.1, 0.15) is 11.2 Å². The van der Waals surface area contributed by atoms with Gasteiger partial charge in [-0.05, 0) is 119 Å². The molecule has 0 aliphatic heterocycles. The maximum atomic E-state index is 9.51. The minimum Gasteiger partial charge on any atom is -0.456 e. The lowest BCUT2D eigenvalue weighted by atomic mass is 9.99. The van der Waals surface area contributed by atoms with Gasteiger partial charge in [-0.25, -0.2) is 0 Å². The van der Waals surface area contributed by atoms with Gasteiger partial charge in [0.15, 0.2) is 0 Å². The summed E-state index contributed by atoms with van der Waals surface area (Å²) in [6.45, 7) is 0. The molecule has 0 bridgehead atoms. The summed E-state index contributed by atoms with van der Waals surface area (Å²) < 4.78 is 10.9. The number of nitrogens with zero attached hydrogens (tertiary/aromatic N) is 3. The summed E-state index contributed by atoms with van der Waals surface area (Å²) in [7, 11) is 0. The van der Waals surface area contributed by atoms with Gasteiger partial charge in [0.25, 0.3) is 0 Å². The highest BCUT2D eigenvalue weighted by Gasteiger charge is 2.17. The van der Waals surface area contributed by atoms with Gasteiger partial charge in [-0.1, -0.05) is 78.9 Å². The summed E-state index contributed by atoms with van der Waals surface area (Å²) in [5.41, 5.74) is 13.7. The molecule has 4 heteroatoms. The number of aromatic nitrogens is 2. The molecule has 0 saturated carbocycles. The lowest BCUT2D eigenvalue weighted by Gasteiger charge is -2.09. The maximum Gasteiger partial charge on any atom is 0.136 e. The second-order valence-corrected chi connectivity index (χ2v) is 13.7. The molecule has 0 saturated heterocycles. The lowest BCUT2D eigenvalue weighted by molar-refractivity contribution is 0.669. The van der Waals surface area contributed by atoms with Gasteiger partial charge in [0.2, 0.25) is 0 Å². The van der Waals surface area contributed by atoms with Crippen molar-refractivity contribution in [1.29, 1.82) is 5.26 Å². The standard InChI is InChI=1S/C49H29N3O/c50-30-31-14-20-37(21-15-31)52-46-24-18-33(32-17-23-45-41(26-32)38-10-4-6-12-44(38)51(45)36-8-2-1-3-9-36)27-42(46)43-28-34(19-25-47(43)52)35-16-22-40-39-11-5-7-13-48(39)53-49(40)29-35/h1-29H. The van der Waals surface area contributed by atoms with E-state index in [-0.39, 0.29) is 0 Å². The fraction of sp³-hybridized carbons (Fsp3) is 0. The summed E-state index contributed by atoms with van der Waals surface area (Å²) in [4.78, 5) is 0. The van der Waals surface area contributed by atoms with E-state index in [1.165, 1.54) is 32.8 Å². The Morgan fingerprint density at radius 3 is 1.47 bits per heavy atom. The van der Waals surface area contributed by atoms with Crippen molar-refractivity contribution in [3.63, 3.8) is 0 Å².